The van der Waals surface area contributed by atoms with E-state index in [1.54, 1.807) is 12.3 Å². The van der Waals surface area contributed by atoms with E-state index in [1.807, 2.05) is 13.0 Å². The summed E-state index contributed by atoms with van der Waals surface area (Å²) in [5.41, 5.74) is 1.73. The van der Waals surface area contributed by atoms with Gasteiger partial charge in [-0.3, -0.25) is 4.79 Å². The number of aromatic amines is 1. The molecule has 12 heavy (non-hydrogen) atoms. The lowest BCUT2D eigenvalue weighted by atomic mass is 10.3. The lowest BCUT2D eigenvalue weighted by Gasteiger charge is -1.70. The Bertz CT molecular complexity index is 273. The van der Waals surface area contributed by atoms with Crippen molar-refractivity contribution in [2.24, 2.45) is 0 Å². The topological polar surface area (TPSA) is 65.9 Å². The summed E-state index contributed by atoms with van der Waals surface area (Å²) in [7, 11) is 1.31. The zero-order valence-corrected chi connectivity index (χ0v) is 7.00. The average Bonchev–Trinajstić information content (AvgIpc) is 2.52. The largest absolute Gasteiger partial charge is 0.471 e. The van der Waals surface area contributed by atoms with E-state index in [-0.39, 0.29) is 0 Å². The van der Waals surface area contributed by atoms with Crippen LogP contribution in [-0.2, 0) is 9.53 Å². The molecule has 0 radical (unpaired) electrons. The summed E-state index contributed by atoms with van der Waals surface area (Å²) in [4.78, 5) is 11.8. The summed E-state index contributed by atoms with van der Waals surface area (Å²) in [6.45, 7) is 2.29. The number of carbonyl (C=O) groups excluding carboxylic acids is 1. The van der Waals surface area contributed by atoms with Crippen molar-refractivity contribution in [2.45, 2.75) is 6.92 Å². The van der Waals surface area contributed by atoms with Crippen molar-refractivity contribution >= 4 is 6.47 Å². The Balaban J connectivity index is 0.000000261. The Morgan fingerprint density at radius 1 is 1.75 bits per heavy atom. The Morgan fingerprint density at radius 2 is 2.33 bits per heavy atom. The zero-order valence-electron chi connectivity index (χ0n) is 7.00. The summed E-state index contributed by atoms with van der Waals surface area (Å²) < 4.78 is 3.86. The first-order chi connectivity index (χ1) is 5.74. The van der Waals surface area contributed by atoms with Gasteiger partial charge in [-0.2, -0.15) is 5.26 Å². The number of aryl methyl sites for hydroxylation is 1. The van der Waals surface area contributed by atoms with E-state index in [9.17, 15) is 0 Å². The number of nitrogens with zero attached hydrogens (tertiary/aromatic N) is 1. The number of carbonyl (C=O) groups is 1. The predicted octanol–water partition coefficient (Wildman–Crippen LogP) is 0.984. The highest BCUT2D eigenvalue weighted by Crippen LogP contribution is 1.97. The second-order valence-electron chi connectivity index (χ2n) is 2.02. The molecule has 0 saturated heterocycles. The van der Waals surface area contributed by atoms with Crippen LogP contribution >= 0.6 is 0 Å². The van der Waals surface area contributed by atoms with Crippen LogP contribution in [0.25, 0.3) is 0 Å². The highest BCUT2D eigenvalue weighted by atomic mass is 16.5. The quantitative estimate of drug-likeness (QED) is 0.632. The first kappa shape index (κ1) is 10.2. The molecule has 1 rings (SSSR count). The molecule has 1 aromatic heterocycles. The van der Waals surface area contributed by atoms with E-state index in [4.69, 9.17) is 10.1 Å². The molecular weight excluding hydrogens is 156 g/mol. The number of nitriles is 1. The third-order valence-corrected chi connectivity index (χ3v) is 1.05. The molecule has 0 aliphatic rings. The summed E-state index contributed by atoms with van der Waals surface area (Å²) in [5.74, 6) is 0. The summed E-state index contributed by atoms with van der Waals surface area (Å²) in [5, 5.41) is 8.28. The number of hydrogen-bond donors (Lipinski definition) is 1. The number of aromatic nitrogens is 1. The van der Waals surface area contributed by atoms with Gasteiger partial charge in [0, 0.05) is 11.9 Å². The Morgan fingerprint density at radius 3 is 2.50 bits per heavy atom. The maximum absolute atomic E-state index is 8.95. The SMILES string of the molecule is COC=O.Cc1cc(C#N)c[nH]1. The molecule has 0 unspecified atom stereocenters. The molecule has 0 amide bonds. The Kier molecular flexibility index (Phi) is 5.11. The highest BCUT2D eigenvalue weighted by molar-refractivity contribution is 5.36. The van der Waals surface area contributed by atoms with Crippen LogP contribution < -0.4 is 0 Å². The van der Waals surface area contributed by atoms with Crippen molar-refractivity contribution in [1.82, 2.24) is 4.98 Å². The van der Waals surface area contributed by atoms with Gasteiger partial charge in [-0.1, -0.05) is 0 Å². The van der Waals surface area contributed by atoms with Gasteiger partial charge in [0.15, 0.2) is 0 Å². The molecular formula is C8H10N2O2. The van der Waals surface area contributed by atoms with E-state index in [1.165, 1.54) is 7.11 Å². The molecule has 1 aromatic rings. The number of nitrogens with one attached hydrogen (secondary N) is 1. The molecule has 0 atom stereocenters. The smallest absolute Gasteiger partial charge is 0.292 e. The van der Waals surface area contributed by atoms with Crippen LogP contribution in [0.3, 0.4) is 0 Å². The standard InChI is InChI=1S/C6H6N2.C2H4O2/c1-5-2-6(3-7)4-8-5;1-4-2-3/h2,4,8H,1H3;2H,1H3. The van der Waals surface area contributed by atoms with E-state index in [0.717, 1.165) is 5.69 Å². The van der Waals surface area contributed by atoms with Crippen molar-refractivity contribution in [1.29, 1.82) is 5.26 Å². The molecule has 0 aromatic carbocycles. The summed E-state index contributed by atoms with van der Waals surface area (Å²) in [6, 6.07) is 3.82. The number of methoxy groups -OCH3 is 1. The van der Waals surface area contributed by atoms with Crippen molar-refractivity contribution in [3.63, 3.8) is 0 Å². The molecule has 64 valence electrons. The fourth-order valence-corrected chi connectivity index (χ4v) is 0.573. The lowest BCUT2D eigenvalue weighted by Crippen LogP contribution is -1.68. The fourth-order valence-electron chi connectivity index (χ4n) is 0.573. The van der Waals surface area contributed by atoms with Gasteiger partial charge in [0.1, 0.15) is 6.07 Å². The number of hydrogen-bond acceptors (Lipinski definition) is 3. The summed E-state index contributed by atoms with van der Waals surface area (Å²) in [6.07, 6.45) is 1.69. The molecule has 1 N–H and O–H groups in total. The van der Waals surface area contributed by atoms with Crippen LogP contribution in [0.4, 0.5) is 0 Å². The van der Waals surface area contributed by atoms with Crippen molar-refractivity contribution in [3.8, 4) is 6.07 Å². The van der Waals surface area contributed by atoms with Gasteiger partial charge < -0.3 is 9.72 Å². The normalized spacial score (nSPS) is 7.42. The third kappa shape index (κ3) is 4.12. The van der Waals surface area contributed by atoms with Gasteiger partial charge in [-0.25, -0.2) is 0 Å². The van der Waals surface area contributed by atoms with Crippen LogP contribution in [0.5, 0.6) is 0 Å². The van der Waals surface area contributed by atoms with Crippen molar-refractivity contribution in [2.75, 3.05) is 7.11 Å². The zero-order chi connectivity index (χ0) is 9.40. The van der Waals surface area contributed by atoms with Gasteiger partial charge in [0.25, 0.3) is 6.47 Å². The van der Waals surface area contributed by atoms with E-state index in [0.29, 0.717) is 12.0 Å². The predicted molar refractivity (Wildman–Crippen MR) is 43.3 cm³/mol. The van der Waals surface area contributed by atoms with Crippen LogP contribution in [0, 0.1) is 18.3 Å². The summed E-state index contributed by atoms with van der Waals surface area (Å²) >= 11 is 0. The second kappa shape index (κ2) is 5.98. The maximum Gasteiger partial charge on any atom is 0.292 e. The molecule has 0 saturated carbocycles. The third-order valence-electron chi connectivity index (χ3n) is 1.05. The van der Waals surface area contributed by atoms with Gasteiger partial charge in [0.05, 0.1) is 12.7 Å². The first-order valence-electron chi connectivity index (χ1n) is 3.26. The number of ether oxygens (including phenoxy) is 1. The Hall–Kier alpha value is -1.76. The monoisotopic (exact) mass is 166 g/mol. The first-order valence-corrected chi connectivity index (χ1v) is 3.26. The lowest BCUT2D eigenvalue weighted by molar-refractivity contribution is -0.126. The molecule has 1 heterocycles. The van der Waals surface area contributed by atoms with Crippen LogP contribution in [0.1, 0.15) is 11.3 Å². The molecule has 0 aliphatic heterocycles. The maximum atomic E-state index is 8.95. The van der Waals surface area contributed by atoms with Gasteiger partial charge in [-0.15, -0.1) is 0 Å². The highest BCUT2D eigenvalue weighted by Gasteiger charge is 1.88. The van der Waals surface area contributed by atoms with Gasteiger partial charge >= 0.3 is 0 Å². The fraction of sp³-hybridized carbons (Fsp3) is 0.250. The van der Waals surface area contributed by atoms with Crippen LogP contribution in [0.15, 0.2) is 12.3 Å². The van der Waals surface area contributed by atoms with E-state index < -0.39 is 0 Å². The van der Waals surface area contributed by atoms with E-state index in [2.05, 4.69) is 9.72 Å². The minimum absolute atomic E-state index is 0.375. The van der Waals surface area contributed by atoms with Crippen LogP contribution in [0.2, 0.25) is 0 Å². The molecule has 0 bridgehead atoms. The van der Waals surface area contributed by atoms with Gasteiger partial charge in [-0.05, 0) is 13.0 Å². The van der Waals surface area contributed by atoms with Crippen molar-refractivity contribution < 1.29 is 9.53 Å². The second-order valence-corrected chi connectivity index (χ2v) is 2.02. The molecule has 0 aliphatic carbocycles. The number of rotatable bonds is 1. The van der Waals surface area contributed by atoms with Crippen LogP contribution in [-0.4, -0.2) is 18.6 Å². The molecule has 0 spiro atoms. The number of H-pyrrole nitrogens is 1. The van der Waals surface area contributed by atoms with Crippen molar-refractivity contribution in [3.05, 3.63) is 23.5 Å². The molecule has 4 heteroatoms. The Labute approximate surface area is 70.8 Å². The minimum atomic E-state index is 0.375. The minimum Gasteiger partial charge on any atom is -0.471 e. The molecule has 4 nitrogen and oxygen atoms in total. The molecule has 0 fully saturated rings. The van der Waals surface area contributed by atoms with E-state index >= 15 is 0 Å². The average molecular weight is 166 g/mol. The van der Waals surface area contributed by atoms with Gasteiger partial charge in [0.2, 0.25) is 0 Å².